The van der Waals surface area contributed by atoms with E-state index in [1.807, 2.05) is 0 Å². The third-order valence-corrected chi connectivity index (χ3v) is 4.55. The van der Waals surface area contributed by atoms with Gasteiger partial charge in [0.25, 0.3) is 11.8 Å². The van der Waals surface area contributed by atoms with Gasteiger partial charge in [-0.15, -0.1) is 0 Å². The van der Waals surface area contributed by atoms with Gasteiger partial charge in [0.2, 0.25) is 0 Å². The van der Waals surface area contributed by atoms with E-state index in [0.29, 0.717) is 30.9 Å². The van der Waals surface area contributed by atoms with Crippen molar-refractivity contribution in [2.75, 3.05) is 26.7 Å². The number of benzene rings is 1. The summed E-state index contributed by atoms with van der Waals surface area (Å²) in [5.74, 6) is -0.792. The van der Waals surface area contributed by atoms with Crippen molar-refractivity contribution in [1.29, 1.82) is 0 Å². The van der Waals surface area contributed by atoms with Crippen LogP contribution in [0.15, 0.2) is 36.8 Å². The number of nitrogens with one attached hydrogen (secondary N) is 1. The quantitative estimate of drug-likeness (QED) is 0.867. The molecule has 0 saturated carbocycles. The third kappa shape index (κ3) is 4.58. The summed E-state index contributed by atoms with van der Waals surface area (Å²) in [6, 6.07) is 3.99. The lowest BCUT2D eigenvalue weighted by molar-refractivity contribution is 0.0664. The molecule has 2 aromatic rings. The Morgan fingerprint density at radius 2 is 2.22 bits per heavy atom. The fraction of sp³-hybridized carbons (Fsp3) is 0.368. The Morgan fingerprint density at radius 3 is 2.96 bits per heavy atom. The van der Waals surface area contributed by atoms with Crippen LogP contribution >= 0.6 is 0 Å². The van der Waals surface area contributed by atoms with Crippen LogP contribution in [0.25, 0.3) is 0 Å². The van der Waals surface area contributed by atoms with E-state index in [2.05, 4.69) is 15.3 Å². The van der Waals surface area contributed by atoms with E-state index in [-0.39, 0.29) is 23.5 Å². The minimum Gasteiger partial charge on any atom is -0.494 e. The average Bonchev–Trinajstić information content (AvgIpc) is 2.72. The van der Waals surface area contributed by atoms with Crippen LogP contribution < -0.4 is 10.1 Å². The Morgan fingerprint density at radius 1 is 1.37 bits per heavy atom. The highest BCUT2D eigenvalue weighted by molar-refractivity contribution is 5.94. The molecule has 1 aliphatic rings. The molecule has 1 atom stereocenters. The van der Waals surface area contributed by atoms with Crippen molar-refractivity contribution in [3.63, 3.8) is 0 Å². The minimum absolute atomic E-state index is 0.0288. The number of ether oxygens (including phenoxy) is 1. The van der Waals surface area contributed by atoms with Gasteiger partial charge >= 0.3 is 0 Å². The second kappa shape index (κ2) is 8.57. The summed E-state index contributed by atoms with van der Waals surface area (Å²) in [5.41, 5.74) is 0.650. The molecule has 1 saturated heterocycles. The molecule has 1 aromatic heterocycles. The Hall–Kier alpha value is -3.03. The van der Waals surface area contributed by atoms with E-state index in [0.717, 1.165) is 12.8 Å². The van der Waals surface area contributed by atoms with Gasteiger partial charge in [-0.1, -0.05) is 0 Å². The van der Waals surface area contributed by atoms with Gasteiger partial charge in [-0.2, -0.15) is 0 Å². The second-order valence-electron chi connectivity index (χ2n) is 6.41. The molecule has 1 unspecified atom stereocenters. The van der Waals surface area contributed by atoms with Gasteiger partial charge in [0, 0.05) is 37.6 Å². The summed E-state index contributed by atoms with van der Waals surface area (Å²) in [6.45, 7) is 1.64. The van der Waals surface area contributed by atoms with E-state index in [9.17, 15) is 14.0 Å². The first-order valence-electron chi connectivity index (χ1n) is 8.75. The first kappa shape index (κ1) is 18.8. The average molecular weight is 372 g/mol. The molecular formula is C19H21FN4O3. The SMILES string of the molecule is COc1cc(C(=O)NCC2CCCN(C(=O)c3cnccn3)C2)ccc1F. The first-order valence-corrected chi connectivity index (χ1v) is 8.75. The number of aromatic nitrogens is 2. The van der Waals surface area contributed by atoms with Crippen LogP contribution in [0.5, 0.6) is 5.75 Å². The number of hydrogen-bond acceptors (Lipinski definition) is 5. The molecule has 0 aliphatic carbocycles. The van der Waals surface area contributed by atoms with Crippen molar-refractivity contribution in [1.82, 2.24) is 20.2 Å². The maximum absolute atomic E-state index is 13.5. The molecule has 2 heterocycles. The molecule has 8 heteroatoms. The smallest absolute Gasteiger partial charge is 0.274 e. The van der Waals surface area contributed by atoms with Crippen molar-refractivity contribution in [3.8, 4) is 5.75 Å². The highest BCUT2D eigenvalue weighted by Gasteiger charge is 2.25. The largest absolute Gasteiger partial charge is 0.494 e. The number of carbonyl (C=O) groups is 2. The molecular weight excluding hydrogens is 351 g/mol. The summed E-state index contributed by atoms with van der Waals surface area (Å²) in [4.78, 5) is 34.5. The third-order valence-electron chi connectivity index (χ3n) is 4.55. The number of nitrogens with zero attached hydrogens (tertiary/aromatic N) is 3. The maximum Gasteiger partial charge on any atom is 0.274 e. The van der Waals surface area contributed by atoms with Crippen molar-refractivity contribution in [3.05, 3.63) is 53.9 Å². The molecule has 0 bridgehead atoms. The van der Waals surface area contributed by atoms with Gasteiger partial charge < -0.3 is 15.0 Å². The highest BCUT2D eigenvalue weighted by Crippen LogP contribution is 2.19. The summed E-state index contributed by atoms with van der Waals surface area (Å²) >= 11 is 0. The Kier molecular flexibility index (Phi) is 5.95. The highest BCUT2D eigenvalue weighted by atomic mass is 19.1. The minimum atomic E-state index is -0.514. The molecule has 3 rings (SSSR count). The number of likely N-dealkylation sites (tertiary alicyclic amines) is 1. The van der Waals surface area contributed by atoms with Crippen LogP contribution in [-0.4, -0.2) is 53.4 Å². The van der Waals surface area contributed by atoms with E-state index in [1.165, 1.54) is 43.9 Å². The van der Waals surface area contributed by atoms with Gasteiger partial charge in [0.15, 0.2) is 11.6 Å². The van der Waals surface area contributed by atoms with Crippen LogP contribution in [0, 0.1) is 11.7 Å². The number of halogens is 1. The molecule has 1 fully saturated rings. The Labute approximate surface area is 156 Å². The van der Waals surface area contributed by atoms with Crippen LogP contribution in [0.4, 0.5) is 4.39 Å². The first-order chi connectivity index (χ1) is 13.1. The fourth-order valence-corrected chi connectivity index (χ4v) is 3.13. The number of amides is 2. The number of carbonyl (C=O) groups excluding carboxylic acids is 2. The van der Waals surface area contributed by atoms with Crippen molar-refractivity contribution in [2.24, 2.45) is 5.92 Å². The molecule has 1 aromatic carbocycles. The predicted octanol–water partition coefficient (Wildman–Crippen LogP) is 1.91. The normalized spacial score (nSPS) is 16.7. The van der Waals surface area contributed by atoms with E-state index in [4.69, 9.17) is 4.74 Å². The zero-order chi connectivity index (χ0) is 19.2. The van der Waals surface area contributed by atoms with Crippen LogP contribution in [0.2, 0.25) is 0 Å². The zero-order valence-electron chi connectivity index (χ0n) is 15.0. The molecule has 27 heavy (non-hydrogen) atoms. The summed E-state index contributed by atoms with van der Waals surface area (Å²) in [5, 5.41) is 2.86. The van der Waals surface area contributed by atoms with E-state index < -0.39 is 5.82 Å². The molecule has 0 radical (unpaired) electrons. The molecule has 7 nitrogen and oxygen atoms in total. The van der Waals surface area contributed by atoms with Crippen LogP contribution in [-0.2, 0) is 0 Å². The lowest BCUT2D eigenvalue weighted by atomic mass is 9.97. The van der Waals surface area contributed by atoms with Crippen LogP contribution in [0.3, 0.4) is 0 Å². The lowest BCUT2D eigenvalue weighted by Crippen LogP contribution is -2.44. The second-order valence-corrected chi connectivity index (χ2v) is 6.41. The standard InChI is InChI=1S/C19H21FN4O3/c1-27-17-9-14(4-5-15(17)20)18(25)23-10-13-3-2-8-24(12-13)19(26)16-11-21-6-7-22-16/h4-7,9,11,13H,2-3,8,10,12H2,1H3,(H,23,25). The fourth-order valence-electron chi connectivity index (χ4n) is 3.13. The van der Waals surface area contributed by atoms with E-state index in [1.54, 1.807) is 4.90 Å². The van der Waals surface area contributed by atoms with Crippen molar-refractivity contribution < 1.29 is 18.7 Å². The molecule has 0 spiro atoms. The maximum atomic E-state index is 13.5. The van der Waals surface area contributed by atoms with E-state index >= 15 is 0 Å². The van der Waals surface area contributed by atoms with Crippen molar-refractivity contribution >= 4 is 11.8 Å². The van der Waals surface area contributed by atoms with Gasteiger partial charge in [-0.05, 0) is 37.0 Å². The lowest BCUT2D eigenvalue weighted by Gasteiger charge is -2.32. The van der Waals surface area contributed by atoms with Gasteiger partial charge in [0.1, 0.15) is 5.69 Å². The number of piperidine rings is 1. The topological polar surface area (TPSA) is 84.4 Å². The zero-order valence-corrected chi connectivity index (χ0v) is 15.0. The number of methoxy groups -OCH3 is 1. The molecule has 1 N–H and O–H groups in total. The monoisotopic (exact) mass is 372 g/mol. The molecule has 142 valence electrons. The molecule has 2 amide bonds. The Balaban J connectivity index is 1.56. The predicted molar refractivity (Wildman–Crippen MR) is 95.9 cm³/mol. The van der Waals surface area contributed by atoms with Gasteiger partial charge in [-0.3, -0.25) is 14.6 Å². The Bertz CT molecular complexity index is 816. The summed E-state index contributed by atoms with van der Waals surface area (Å²) in [7, 11) is 1.35. The van der Waals surface area contributed by atoms with Gasteiger partial charge in [0.05, 0.1) is 13.3 Å². The number of hydrogen-bond donors (Lipinski definition) is 1. The summed E-state index contributed by atoms with van der Waals surface area (Å²) < 4.78 is 18.4. The molecule has 1 aliphatic heterocycles. The van der Waals surface area contributed by atoms with Gasteiger partial charge in [-0.25, -0.2) is 9.37 Å². The van der Waals surface area contributed by atoms with Crippen LogP contribution in [0.1, 0.15) is 33.7 Å². The number of rotatable bonds is 5. The summed E-state index contributed by atoms with van der Waals surface area (Å²) in [6.07, 6.45) is 6.24. The van der Waals surface area contributed by atoms with Crippen molar-refractivity contribution in [2.45, 2.75) is 12.8 Å².